The number of rotatable bonds is 3. The van der Waals surface area contributed by atoms with Gasteiger partial charge in [0.2, 0.25) is 5.95 Å². The molecular formula is C16H19N5O2. The van der Waals surface area contributed by atoms with Crippen LogP contribution in [-0.2, 0) is 18.2 Å². The fourth-order valence-corrected chi connectivity index (χ4v) is 2.88. The summed E-state index contributed by atoms with van der Waals surface area (Å²) >= 11 is 0. The normalized spacial score (nSPS) is 15.5. The molecule has 7 nitrogen and oxygen atoms in total. The fourth-order valence-electron chi connectivity index (χ4n) is 2.88. The van der Waals surface area contributed by atoms with Crippen molar-refractivity contribution in [1.82, 2.24) is 19.7 Å². The SMILES string of the molecule is CCc1noc(-c2ccc3c(c2)nc(N2CCOCC2)n3C)n1. The topological polar surface area (TPSA) is 69.2 Å². The molecule has 1 saturated heterocycles. The molecule has 1 aliphatic heterocycles. The molecule has 0 atom stereocenters. The van der Waals surface area contributed by atoms with Gasteiger partial charge in [-0.15, -0.1) is 0 Å². The molecule has 0 unspecified atom stereocenters. The van der Waals surface area contributed by atoms with E-state index in [1.165, 1.54) is 0 Å². The number of ether oxygens (including phenoxy) is 1. The van der Waals surface area contributed by atoms with Crippen molar-refractivity contribution >= 4 is 17.0 Å². The number of aromatic nitrogens is 4. The molecule has 7 heteroatoms. The van der Waals surface area contributed by atoms with Crippen LogP contribution in [0.3, 0.4) is 0 Å². The number of morpholine rings is 1. The van der Waals surface area contributed by atoms with Crippen molar-refractivity contribution in [3.8, 4) is 11.5 Å². The van der Waals surface area contributed by atoms with Crippen LogP contribution >= 0.6 is 0 Å². The molecule has 0 spiro atoms. The van der Waals surface area contributed by atoms with Crippen LogP contribution in [0.1, 0.15) is 12.7 Å². The van der Waals surface area contributed by atoms with E-state index in [1.807, 2.05) is 26.1 Å². The van der Waals surface area contributed by atoms with Gasteiger partial charge in [-0.05, 0) is 18.2 Å². The molecule has 0 amide bonds. The number of imidazole rings is 1. The first-order valence-corrected chi connectivity index (χ1v) is 7.88. The molecule has 0 bridgehead atoms. The summed E-state index contributed by atoms with van der Waals surface area (Å²) in [4.78, 5) is 11.4. The third kappa shape index (κ3) is 2.46. The second-order valence-electron chi connectivity index (χ2n) is 5.64. The molecule has 3 heterocycles. The Labute approximate surface area is 133 Å². The number of hydrogen-bond donors (Lipinski definition) is 0. The van der Waals surface area contributed by atoms with Gasteiger partial charge in [-0.1, -0.05) is 12.1 Å². The summed E-state index contributed by atoms with van der Waals surface area (Å²) in [6, 6.07) is 6.06. The molecule has 4 rings (SSSR count). The highest BCUT2D eigenvalue weighted by atomic mass is 16.5. The Morgan fingerprint density at radius 3 is 2.74 bits per heavy atom. The third-order valence-electron chi connectivity index (χ3n) is 4.18. The largest absolute Gasteiger partial charge is 0.378 e. The Balaban J connectivity index is 1.73. The van der Waals surface area contributed by atoms with E-state index in [0.717, 1.165) is 61.1 Å². The Kier molecular flexibility index (Phi) is 3.49. The van der Waals surface area contributed by atoms with Gasteiger partial charge < -0.3 is 18.7 Å². The molecule has 0 saturated carbocycles. The molecule has 0 N–H and O–H groups in total. The molecule has 0 radical (unpaired) electrons. The van der Waals surface area contributed by atoms with Gasteiger partial charge in [0.15, 0.2) is 5.82 Å². The minimum atomic E-state index is 0.544. The summed E-state index contributed by atoms with van der Waals surface area (Å²) in [6.07, 6.45) is 0.760. The number of fused-ring (bicyclic) bond motifs is 1. The van der Waals surface area contributed by atoms with Crippen molar-refractivity contribution in [3.05, 3.63) is 24.0 Å². The van der Waals surface area contributed by atoms with E-state index in [1.54, 1.807) is 0 Å². The van der Waals surface area contributed by atoms with Crippen LogP contribution < -0.4 is 4.90 Å². The first kappa shape index (κ1) is 14.2. The number of aryl methyl sites for hydroxylation is 2. The first-order chi connectivity index (χ1) is 11.3. The summed E-state index contributed by atoms with van der Waals surface area (Å²) in [5.74, 6) is 2.23. The highest BCUT2D eigenvalue weighted by Crippen LogP contribution is 2.26. The second-order valence-corrected chi connectivity index (χ2v) is 5.64. The predicted octanol–water partition coefficient (Wildman–Crippen LogP) is 2.02. The van der Waals surface area contributed by atoms with Crippen molar-refractivity contribution in [1.29, 1.82) is 0 Å². The lowest BCUT2D eigenvalue weighted by molar-refractivity contribution is 0.122. The molecule has 0 aliphatic carbocycles. The third-order valence-corrected chi connectivity index (χ3v) is 4.18. The molecular weight excluding hydrogens is 294 g/mol. The minimum Gasteiger partial charge on any atom is -0.378 e. The molecule has 1 fully saturated rings. The summed E-state index contributed by atoms with van der Waals surface area (Å²) in [6.45, 7) is 5.23. The van der Waals surface area contributed by atoms with Gasteiger partial charge in [-0.2, -0.15) is 4.98 Å². The number of hydrogen-bond acceptors (Lipinski definition) is 6. The van der Waals surface area contributed by atoms with Gasteiger partial charge >= 0.3 is 0 Å². The van der Waals surface area contributed by atoms with Gasteiger partial charge in [0.25, 0.3) is 5.89 Å². The van der Waals surface area contributed by atoms with Crippen molar-refractivity contribution in [3.63, 3.8) is 0 Å². The van der Waals surface area contributed by atoms with E-state index >= 15 is 0 Å². The molecule has 1 aromatic carbocycles. The van der Waals surface area contributed by atoms with E-state index in [9.17, 15) is 0 Å². The van der Waals surface area contributed by atoms with Gasteiger partial charge in [0.1, 0.15) is 0 Å². The van der Waals surface area contributed by atoms with Crippen molar-refractivity contribution < 1.29 is 9.26 Å². The van der Waals surface area contributed by atoms with Crippen molar-refractivity contribution in [2.75, 3.05) is 31.2 Å². The summed E-state index contributed by atoms with van der Waals surface area (Å²) in [5.41, 5.74) is 2.92. The van der Waals surface area contributed by atoms with Gasteiger partial charge in [-0.3, -0.25) is 0 Å². The summed E-state index contributed by atoms with van der Waals surface area (Å²) in [5, 5.41) is 3.95. The summed E-state index contributed by atoms with van der Waals surface area (Å²) in [7, 11) is 2.04. The van der Waals surface area contributed by atoms with E-state index in [0.29, 0.717) is 5.89 Å². The average Bonchev–Trinajstić information content (AvgIpc) is 3.20. The number of anilines is 1. The Bertz CT molecular complexity index is 832. The van der Waals surface area contributed by atoms with Crippen LogP contribution in [0, 0.1) is 0 Å². The van der Waals surface area contributed by atoms with E-state index in [-0.39, 0.29) is 0 Å². The molecule has 23 heavy (non-hydrogen) atoms. The average molecular weight is 313 g/mol. The number of benzene rings is 1. The molecule has 3 aromatic rings. The zero-order valence-electron chi connectivity index (χ0n) is 13.3. The smallest absolute Gasteiger partial charge is 0.257 e. The fraction of sp³-hybridized carbons (Fsp3) is 0.438. The Hall–Kier alpha value is -2.41. The molecule has 1 aliphatic rings. The number of nitrogens with zero attached hydrogens (tertiary/aromatic N) is 5. The quantitative estimate of drug-likeness (QED) is 0.737. The highest BCUT2D eigenvalue weighted by Gasteiger charge is 2.18. The van der Waals surface area contributed by atoms with Crippen LogP contribution in [0.2, 0.25) is 0 Å². The van der Waals surface area contributed by atoms with Gasteiger partial charge in [0, 0.05) is 32.1 Å². The lowest BCUT2D eigenvalue weighted by Crippen LogP contribution is -2.37. The Morgan fingerprint density at radius 2 is 2.00 bits per heavy atom. The van der Waals surface area contributed by atoms with Gasteiger partial charge in [0.05, 0.1) is 24.2 Å². The van der Waals surface area contributed by atoms with Crippen molar-refractivity contribution in [2.45, 2.75) is 13.3 Å². The highest BCUT2D eigenvalue weighted by molar-refractivity contribution is 5.83. The van der Waals surface area contributed by atoms with E-state index in [4.69, 9.17) is 14.2 Å². The lowest BCUT2D eigenvalue weighted by atomic mass is 10.2. The van der Waals surface area contributed by atoms with Crippen LogP contribution in [-0.4, -0.2) is 46.0 Å². The summed E-state index contributed by atoms with van der Waals surface area (Å²) < 4.78 is 12.9. The first-order valence-electron chi connectivity index (χ1n) is 7.88. The maximum atomic E-state index is 5.42. The predicted molar refractivity (Wildman–Crippen MR) is 86.4 cm³/mol. The van der Waals surface area contributed by atoms with Gasteiger partial charge in [-0.25, -0.2) is 4.98 Å². The van der Waals surface area contributed by atoms with Crippen LogP contribution in [0.25, 0.3) is 22.5 Å². The monoisotopic (exact) mass is 313 g/mol. The zero-order chi connectivity index (χ0) is 15.8. The molecule has 120 valence electrons. The van der Waals surface area contributed by atoms with Crippen LogP contribution in [0.4, 0.5) is 5.95 Å². The van der Waals surface area contributed by atoms with Crippen LogP contribution in [0.5, 0.6) is 0 Å². The zero-order valence-corrected chi connectivity index (χ0v) is 13.3. The van der Waals surface area contributed by atoms with Crippen molar-refractivity contribution in [2.24, 2.45) is 7.05 Å². The second kappa shape index (κ2) is 5.66. The molecule has 2 aromatic heterocycles. The lowest BCUT2D eigenvalue weighted by Gasteiger charge is -2.27. The minimum absolute atomic E-state index is 0.544. The maximum absolute atomic E-state index is 5.42. The van der Waals surface area contributed by atoms with Crippen LogP contribution in [0.15, 0.2) is 22.7 Å². The standard InChI is InChI=1S/C16H19N5O2/c1-3-14-18-15(23-19-14)11-4-5-13-12(10-11)17-16(20(13)2)21-6-8-22-9-7-21/h4-5,10H,3,6-9H2,1-2H3. The Morgan fingerprint density at radius 1 is 1.17 bits per heavy atom. The van der Waals surface area contributed by atoms with E-state index in [2.05, 4.69) is 25.7 Å². The maximum Gasteiger partial charge on any atom is 0.257 e. The van der Waals surface area contributed by atoms with E-state index < -0.39 is 0 Å².